The number of hydrogen-bond donors (Lipinski definition) is 1. The van der Waals surface area contributed by atoms with Crippen LogP contribution in [-0.2, 0) is 0 Å². The summed E-state index contributed by atoms with van der Waals surface area (Å²) in [6, 6.07) is 17.6. The Hall–Kier alpha value is -3.04. The van der Waals surface area contributed by atoms with Gasteiger partial charge in [-0.15, -0.1) is 0 Å². The van der Waals surface area contributed by atoms with Crippen LogP contribution in [0.5, 0.6) is 5.75 Å². The fourth-order valence-corrected chi connectivity index (χ4v) is 1.67. The molecule has 0 unspecified atom stereocenters. The maximum atomic E-state index is 9.21. The zero-order valence-corrected chi connectivity index (χ0v) is 10.0. The molecular weight excluding hydrogens is 236 g/mol. The third-order valence-electron chi connectivity index (χ3n) is 2.63. The summed E-state index contributed by atoms with van der Waals surface area (Å²) in [5.74, 6) is 0.183. The molecule has 0 aliphatic heterocycles. The van der Waals surface area contributed by atoms with E-state index in [4.69, 9.17) is 5.26 Å². The van der Waals surface area contributed by atoms with E-state index in [1.807, 2.05) is 6.07 Å². The largest absolute Gasteiger partial charge is 0.508 e. The summed E-state index contributed by atoms with van der Waals surface area (Å²) in [7, 11) is 0. The molecule has 2 aromatic rings. The highest BCUT2D eigenvalue weighted by Gasteiger charge is 2.02. The molecule has 19 heavy (non-hydrogen) atoms. The Labute approximate surface area is 111 Å². The lowest BCUT2D eigenvalue weighted by molar-refractivity contribution is 0.475. The van der Waals surface area contributed by atoms with Crippen molar-refractivity contribution in [2.45, 2.75) is 0 Å². The molecule has 2 rings (SSSR count). The predicted octanol–water partition coefficient (Wildman–Crippen LogP) is 3.33. The molecule has 2 aromatic carbocycles. The first-order valence-corrected chi connectivity index (χ1v) is 5.64. The van der Waals surface area contributed by atoms with Crippen molar-refractivity contribution in [2.75, 3.05) is 0 Å². The van der Waals surface area contributed by atoms with Crippen LogP contribution in [-0.4, -0.2) is 5.11 Å². The first kappa shape index (κ1) is 12.4. The summed E-state index contributed by atoms with van der Waals surface area (Å²) >= 11 is 0. The molecule has 1 N–H and O–H groups in total. The minimum atomic E-state index is 0.183. The van der Waals surface area contributed by atoms with E-state index in [0.29, 0.717) is 16.7 Å². The second-order valence-corrected chi connectivity index (χ2v) is 3.95. The monoisotopic (exact) mass is 246 g/mol. The van der Waals surface area contributed by atoms with Gasteiger partial charge in [-0.25, -0.2) is 0 Å². The molecule has 0 saturated carbocycles. The Morgan fingerprint density at radius 3 is 2.42 bits per heavy atom. The first-order valence-electron chi connectivity index (χ1n) is 5.64. The SMILES string of the molecule is N#CC(=Cc1ccc(O)cc1)c1cccc(C#N)c1. The van der Waals surface area contributed by atoms with Gasteiger partial charge in [0.1, 0.15) is 5.75 Å². The van der Waals surface area contributed by atoms with Gasteiger partial charge in [0.2, 0.25) is 0 Å². The Morgan fingerprint density at radius 2 is 1.79 bits per heavy atom. The molecule has 0 fully saturated rings. The lowest BCUT2D eigenvalue weighted by atomic mass is 10.0. The maximum Gasteiger partial charge on any atom is 0.115 e. The van der Waals surface area contributed by atoms with E-state index in [9.17, 15) is 10.4 Å². The van der Waals surface area contributed by atoms with Crippen LogP contribution in [0.3, 0.4) is 0 Å². The Balaban J connectivity index is 2.42. The van der Waals surface area contributed by atoms with E-state index >= 15 is 0 Å². The Kier molecular flexibility index (Phi) is 3.61. The summed E-state index contributed by atoms with van der Waals surface area (Å²) in [5.41, 5.74) is 2.51. The number of nitrogens with zero attached hydrogens (tertiary/aromatic N) is 2. The van der Waals surface area contributed by atoms with E-state index in [-0.39, 0.29) is 5.75 Å². The molecule has 0 aliphatic rings. The van der Waals surface area contributed by atoms with Crippen LogP contribution < -0.4 is 0 Å². The number of allylic oxidation sites excluding steroid dienone is 1. The fourth-order valence-electron chi connectivity index (χ4n) is 1.67. The third-order valence-corrected chi connectivity index (χ3v) is 2.63. The Morgan fingerprint density at radius 1 is 1.05 bits per heavy atom. The van der Waals surface area contributed by atoms with Crippen LogP contribution in [0.4, 0.5) is 0 Å². The van der Waals surface area contributed by atoms with Crippen molar-refractivity contribution < 1.29 is 5.11 Å². The Bertz CT molecular complexity index is 701. The maximum absolute atomic E-state index is 9.21. The second-order valence-electron chi connectivity index (χ2n) is 3.95. The molecule has 0 spiro atoms. The average Bonchev–Trinajstić information content (AvgIpc) is 2.46. The van der Waals surface area contributed by atoms with Crippen LogP contribution in [0.15, 0.2) is 48.5 Å². The smallest absolute Gasteiger partial charge is 0.115 e. The number of rotatable bonds is 2. The van der Waals surface area contributed by atoms with E-state index in [0.717, 1.165) is 5.56 Å². The normalized spacial score (nSPS) is 10.5. The van der Waals surface area contributed by atoms with Gasteiger partial charge in [-0.2, -0.15) is 10.5 Å². The number of nitriles is 2. The summed E-state index contributed by atoms with van der Waals surface area (Å²) in [6.07, 6.45) is 1.72. The van der Waals surface area contributed by atoms with Gasteiger partial charge in [0.05, 0.1) is 23.3 Å². The predicted molar refractivity (Wildman–Crippen MR) is 72.7 cm³/mol. The average molecular weight is 246 g/mol. The molecule has 0 aliphatic carbocycles. The number of aromatic hydroxyl groups is 1. The number of phenolic OH excluding ortho intramolecular Hbond substituents is 1. The van der Waals surface area contributed by atoms with Gasteiger partial charge in [0.25, 0.3) is 0 Å². The van der Waals surface area contributed by atoms with Crippen LogP contribution in [0.25, 0.3) is 11.6 Å². The molecule has 3 heteroatoms. The van der Waals surface area contributed by atoms with Crippen LogP contribution in [0, 0.1) is 22.7 Å². The van der Waals surface area contributed by atoms with Crippen LogP contribution >= 0.6 is 0 Å². The summed E-state index contributed by atoms with van der Waals surface area (Å²) in [6.45, 7) is 0. The molecule has 0 aromatic heterocycles. The fraction of sp³-hybridized carbons (Fsp3) is 0. The highest BCUT2D eigenvalue weighted by molar-refractivity contribution is 5.89. The van der Waals surface area contributed by atoms with Crippen molar-refractivity contribution in [3.63, 3.8) is 0 Å². The van der Waals surface area contributed by atoms with E-state index in [1.54, 1.807) is 54.6 Å². The molecule has 0 atom stereocenters. The van der Waals surface area contributed by atoms with E-state index < -0.39 is 0 Å². The minimum absolute atomic E-state index is 0.183. The van der Waals surface area contributed by atoms with Crippen molar-refractivity contribution in [3.8, 4) is 17.9 Å². The highest BCUT2D eigenvalue weighted by Crippen LogP contribution is 2.20. The molecular formula is C16H10N2O. The third kappa shape index (κ3) is 3.00. The highest BCUT2D eigenvalue weighted by atomic mass is 16.3. The van der Waals surface area contributed by atoms with E-state index in [1.165, 1.54) is 0 Å². The topological polar surface area (TPSA) is 67.8 Å². The van der Waals surface area contributed by atoms with Crippen molar-refractivity contribution >= 4 is 11.6 Å². The zero-order valence-electron chi connectivity index (χ0n) is 10.0. The molecule has 0 bridgehead atoms. The summed E-state index contributed by atoms with van der Waals surface area (Å²) < 4.78 is 0. The number of phenols is 1. The van der Waals surface area contributed by atoms with E-state index in [2.05, 4.69) is 6.07 Å². The number of benzene rings is 2. The van der Waals surface area contributed by atoms with Crippen LogP contribution in [0.2, 0.25) is 0 Å². The van der Waals surface area contributed by atoms with Gasteiger partial charge in [0.15, 0.2) is 0 Å². The lowest BCUT2D eigenvalue weighted by Gasteiger charge is -2.00. The summed E-state index contributed by atoms with van der Waals surface area (Å²) in [4.78, 5) is 0. The molecule has 0 saturated heterocycles. The molecule has 90 valence electrons. The first-order chi connectivity index (χ1) is 9.22. The van der Waals surface area contributed by atoms with Gasteiger partial charge in [-0.05, 0) is 41.5 Å². The van der Waals surface area contributed by atoms with Crippen molar-refractivity contribution in [1.29, 1.82) is 10.5 Å². The van der Waals surface area contributed by atoms with Crippen molar-refractivity contribution in [2.24, 2.45) is 0 Å². The molecule has 0 amide bonds. The lowest BCUT2D eigenvalue weighted by Crippen LogP contribution is -1.84. The van der Waals surface area contributed by atoms with Gasteiger partial charge >= 0.3 is 0 Å². The zero-order chi connectivity index (χ0) is 13.7. The molecule has 0 heterocycles. The van der Waals surface area contributed by atoms with Crippen LogP contribution in [0.1, 0.15) is 16.7 Å². The summed E-state index contributed by atoms with van der Waals surface area (Å²) in [5, 5.41) is 27.3. The molecule has 3 nitrogen and oxygen atoms in total. The molecule has 0 radical (unpaired) electrons. The van der Waals surface area contributed by atoms with Gasteiger partial charge in [0, 0.05) is 0 Å². The van der Waals surface area contributed by atoms with Crippen molar-refractivity contribution in [1.82, 2.24) is 0 Å². The standard InChI is InChI=1S/C16H10N2O/c17-10-13-2-1-3-14(9-13)15(11-18)8-12-4-6-16(19)7-5-12/h1-9,19H. The van der Waals surface area contributed by atoms with Crippen molar-refractivity contribution in [3.05, 3.63) is 65.2 Å². The second kappa shape index (κ2) is 5.53. The minimum Gasteiger partial charge on any atom is -0.508 e. The van der Waals surface area contributed by atoms with Gasteiger partial charge in [-0.3, -0.25) is 0 Å². The van der Waals surface area contributed by atoms with Gasteiger partial charge < -0.3 is 5.11 Å². The number of hydrogen-bond acceptors (Lipinski definition) is 3. The van der Waals surface area contributed by atoms with Gasteiger partial charge in [-0.1, -0.05) is 24.3 Å². The quantitative estimate of drug-likeness (QED) is 0.652.